The second-order valence-corrected chi connectivity index (χ2v) is 6.44. The first kappa shape index (κ1) is 13.1. The van der Waals surface area contributed by atoms with Crippen molar-refractivity contribution in [2.45, 2.75) is 19.3 Å². The molecule has 0 aromatic heterocycles. The normalized spacial score (nSPS) is 25.0. The van der Waals surface area contributed by atoms with Gasteiger partial charge in [-0.05, 0) is 35.7 Å². The molecule has 0 radical (unpaired) electrons. The molecule has 2 unspecified atom stereocenters. The Morgan fingerprint density at radius 3 is 2.50 bits per heavy atom. The van der Waals surface area contributed by atoms with E-state index in [1.165, 1.54) is 6.07 Å². The molecule has 0 saturated carbocycles. The van der Waals surface area contributed by atoms with Crippen molar-refractivity contribution >= 4 is 0 Å². The van der Waals surface area contributed by atoms with Crippen molar-refractivity contribution in [3.8, 4) is 28.7 Å². The Morgan fingerprint density at radius 1 is 1.00 bits per heavy atom. The Hall–Kier alpha value is -2.56. The summed E-state index contributed by atoms with van der Waals surface area (Å²) in [6.45, 7) is 2.47. The maximum atomic E-state index is 10.0. The van der Waals surface area contributed by atoms with Gasteiger partial charge in [0.25, 0.3) is 0 Å². The van der Waals surface area contributed by atoms with Gasteiger partial charge in [0.2, 0.25) is 5.75 Å². The third-order valence-corrected chi connectivity index (χ3v) is 4.84. The van der Waals surface area contributed by atoms with Gasteiger partial charge in [-0.15, -0.1) is 0 Å². The zero-order valence-electron chi connectivity index (χ0n) is 12.0. The summed E-state index contributed by atoms with van der Waals surface area (Å²) in [6, 6.07) is 6.36. The molecule has 1 aliphatic carbocycles. The lowest BCUT2D eigenvalue weighted by molar-refractivity contribution is 0.124. The van der Waals surface area contributed by atoms with Gasteiger partial charge in [0.15, 0.2) is 23.0 Å². The van der Waals surface area contributed by atoms with Crippen LogP contribution in [0.1, 0.15) is 29.5 Å². The molecule has 2 aromatic carbocycles. The number of hydrogen-bond donors (Lipinski definition) is 4. The fourth-order valence-electron chi connectivity index (χ4n) is 3.84. The highest BCUT2D eigenvalue weighted by atomic mass is 16.5. The summed E-state index contributed by atoms with van der Waals surface area (Å²) in [5, 5.41) is 39.2. The van der Waals surface area contributed by atoms with Gasteiger partial charge in [-0.3, -0.25) is 0 Å². The standard InChI is InChI=1S/C17H16O5/c1-17-6-8-4-12(19)13(20)5-10(8)14(17)9-2-3-11(18)15(21)16(9)22-7-17/h2-5,14,18-21H,6-7H2,1H3. The molecule has 2 aliphatic rings. The minimum atomic E-state index is -0.254. The summed E-state index contributed by atoms with van der Waals surface area (Å²) in [6.07, 6.45) is 0.710. The molecule has 0 bridgehead atoms. The molecule has 0 fully saturated rings. The number of benzene rings is 2. The summed E-state index contributed by atoms with van der Waals surface area (Å²) in [7, 11) is 0. The van der Waals surface area contributed by atoms with Crippen molar-refractivity contribution in [3.05, 3.63) is 41.0 Å². The Balaban J connectivity index is 1.97. The van der Waals surface area contributed by atoms with Crippen LogP contribution in [0.25, 0.3) is 0 Å². The van der Waals surface area contributed by atoms with Crippen LogP contribution in [0.5, 0.6) is 28.7 Å². The van der Waals surface area contributed by atoms with Gasteiger partial charge < -0.3 is 25.2 Å². The van der Waals surface area contributed by atoms with Crippen LogP contribution in [0.2, 0.25) is 0 Å². The fraction of sp³-hybridized carbons (Fsp3) is 0.294. The molecule has 0 amide bonds. The maximum Gasteiger partial charge on any atom is 0.200 e. The van der Waals surface area contributed by atoms with Gasteiger partial charge in [0.1, 0.15) is 0 Å². The van der Waals surface area contributed by atoms with Crippen LogP contribution in [0, 0.1) is 5.41 Å². The number of aromatic hydroxyl groups is 4. The first-order chi connectivity index (χ1) is 10.4. The van der Waals surface area contributed by atoms with E-state index < -0.39 is 0 Å². The monoisotopic (exact) mass is 300 g/mol. The molecular weight excluding hydrogens is 284 g/mol. The van der Waals surface area contributed by atoms with E-state index in [2.05, 4.69) is 6.92 Å². The Morgan fingerprint density at radius 2 is 1.73 bits per heavy atom. The van der Waals surface area contributed by atoms with Crippen molar-refractivity contribution in [1.82, 2.24) is 0 Å². The summed E-state index contributed by atoms with van der Waals surface area (Å²) in [5.74, 6) is -0.521. The lowest BCUT2D eigenvalue weighted by atomic mass is 9.73. The van der Waals surface area contributed by atoms with Crippen molar-refractivity contribution in [1.29, 1.82) is 0 Å². The molecular formula is C17H16O5. The lowest BCUT2D eigenvalue weighted by Crippen LogP contribution is -2.34. The zero-order chi connectivity index (χ0) is 15.6. The molecule has 5 nitrogen and oxygen atoms in total. The van der Waals surface area contributed by atoms with E-state index in [1.807, 2.05) is 0 Å². The summed E-state index contributed by atoms with van der Waals surface area (Å²) in [5.41, 5.74) is 2.45. The first-order valence-corrected chi connectivity index (χ1v) is 7.13. The van der Waals surface area contributed by atoms with E-state index in [4.69, 9.17) is 4.74 Å². The average Bonchev–Trinajstić information content (AvgIpc) is 2.75. The van der Waals surface area contributed by atoms with E-state index in [1.54, 1.807) is 18.2 Å². The van der Waals surface area contributed by atoms with E-state index in [9.17, 15) is 20.4 Å². The molecule has 0 spiro atoms. The minimum Gasteiger partial charge on any atom is -0.504 e. The number of ether oxygens (including phenoxy) is 1. The number of phenols is 4. The Labute approximate surface area is 127 Å². The summed E-state index contributed by atoms with van der Waals surface area (Å²) in [4.78, 5) is 0. The zero-order valence-corrected chi connectivity index (χ0v) is 12.0. The van der Waals surface area contributed by atoms with Crippen LogP contribution in [0.4, 0.5) is 0 Å². The van der Waals surface area contributed by atoms with E-state index in [0.717, 1.165) is 16.7 Å². The van der Waals surface area contributed by atoms with Gasteiger partial charge in [-0.25, -0.2) is 0 Å². The summed E-state index contributed by atoms with van der Waals surface area (Å²) >= 11 is 0. The van der Waals surface area contributed by atoms with Gasteiger partial charge in [0, 0.05) is 16.9 Å². The van der Waals surface area contributed by atoms with Crippen LogP contribution >= 0.6 is 0 Å². The molecule has 4 rings (SSSR count). The van der Waals surface area contributed by atoms with Crippen LogP contribution < -0.4 is 4.74 Å². The van der Waals surface area contributed by atoms with E-state index in [-0.39, 0.29) is 34.3 Å². The average molecular weight is 300 g/mol. The quantitative estimate of drug-likeness (QED) is 0.561. The van der Waals surface area contributed by atoms with Crippen molar-refractivity contribution < 1.29 is 25.2 Å². The predicted molar refractivity (Wildman–Crippen MR) is 78.7 cm³/mol. The SMILES string of the molecule is CC12COc3c(ccc(O)c3O)C1c1cc(O)c(O)cc1C2. The molecule has 1 heterocycles. The molecule has 0 saturated heterocycles. The largest absolute Gasteiger partial charge is 0.504 e. The van der Waals surface area contributed by atoms with Gasteiger partial charge in [0.05, 0.1) is 6.61 Å². The maximum absolute atomic E-state index is 10.0. The molecule has 2 aromatic rings. The van der Waals surface area contributed by atoms with Crippen LogP contribution in [0.15, 0.2) is 24.3 Å². The third-order valence-electron chi connectivity index (χ3n) is 4.84. The molecule has 5 heteroatoms. The Kier molecular flexibility index (Phi) is 2.39. The van der Waals surface area contributed by atoms with Gasteiger partial charge in [-0.2, -0.15) is 0 Å². The van der Waals surface area contributed by atoms with Crippen molar-refractivity contribution in [2.75, 3.05) is 6.61 Å². The highest BCUT2D eigenvalue weighted by Gasteiger charge is 2.48. The predicted octanol–water partition coefficient (Wildman–Crippen LogP) is 2.60. The van der Waals surface area contributed by atoms with Gasteiger partial charge >= 0.3 is 0 Å². The first-order valence-electron chi connectivity index (χ1n) is 7.13. The van der Waals surface area contributed by atoms with Crippen molar-refractivity contribution in [3.63, 3.8) is 0 Å². The number of rotatable bonds is 0. The molecule has 114 valence electrons. The van der Waals surface area contributed by atoms with Crippen LogP contribution in [-0.4, -0.2) is 27.0 Å². The Bertz CT molecular complexity index is 798. The topological polar surface area (TPSA) is 90.2 Å². The molecule has 1 aliphatic heterocycles. The van der Waals surface area contributed by atoms with E-state index >= 15 is 0 Å². The van der Waals surface area contributed by atoms with Crippen LogP contribution in [0.3, 0.4) is 0 Å². The third kappa shape index (κ3) is 1.53. The second-order valence-electron chi connectivity index (χ2n) is 6.44. The lowest BCUT2D eigenvalue weighted by Gasteiger charge is -2.38. The number of hydrogen-bond acceptors (Lipinski definition) is 5. The number of fused-ring (bicyclic) bond motifs is 5. The summed E-state index contributed by atoms with van der Waals surface area (Å²) < 4.78 is 5.71. The van der Waals surface area contributed by atoms with E-state index in [0.29, 0.717) is 18.8 Å². The van der Waals surface area contributed by atoms with Crippen LogP contribution in [-0.2, 0) is 6.42 Å². The second kappa shape index (κ2) is 4.00. The van der Waals surface area contributed by atoms with Crippen molar-refractivity contribution in [2.24, 2.45) is 5.41 Å². The molecule has 22 heavy (non-hydrogen) atoms. The fourth-order valence-corrected chi connectivity index (χ4v) is 3.84. The minimum absolute atomic E-state index is 0.0655. The molecule has 4 N–H and O–H groups in total. The highest BCUT2D eigenvalue weighted by Crippen LogP contribution is 2.59. The van der Waals surface area contributed by atoms with Gasteiger partial charge in [-0.1, -0.05) is 13.0 Å². The number of phenolic OH excluding ortho intramolecular Hbond substituents is 4. The smallest absolute Gasteiger partial charge is 0.200 e. The highest BCUT2D eigenvalue weighted by molar-refractivity contribution is 5.62. The molecule has 2 atom stereocenters.